The molecule has 1 aromatic rings. The topological polar surface area (TPSA) is 79.5 Å². The van der Waals surface area contributed by atoms with Crippen molar-refractivity contribution in [3.8, 4) is 0 Å². The highest BCUT2D eigenvalue weighted by Gasteiger charge is 2.21. The molecule has 1 N–H and O–H groups in total. The molecule has 6 nitrogen and oxygen atoms in total. The number of amides is 1. The fourth-order valence-electron chi connectivity index (χ4n) is 2.01. The molecule has 0 bridgehead atoms. The Morgan fingerprint density at radius 2 is 2.05 bits per heavy atom. The van der Waals surface area contributed by atoms with Gasteiger partial charge in [0.25, 0.3) is 5.91 Å². The van der Waals surface area contributed by atoms with Gasteiger partial charge in [0.1, 0.15) is 5.56 Å². The Morgan fingerprint density at radius 3 is 2.70 bits per heavy atom. The van der Waals surface area contributed by atoms with Crippen LogP contribution in [0, 0.1) is 6.92 Å². The number of aromatic nitrogens is 1. The third-order valence-electron chi connectivity index (χ3n) is 3.21. The van der Waals surface area contributed by atoms with E-state index < -0.39 is 11.4 Å². The third kappa shape index (κ3) is 3.09. The number of carbonyl (C=O) groups excluding carboxylic acids is 2. The molecule has 1 aromatic heterocycles. The van der Waals surface area contributed by atoms with Crippen LogP contribution in [0.15, 0.2) is 15.5 Å². The largest absolute Gasteiger partial charge is 0.452 e. The number of esters is 1. The second kappa shape index (κ2) is 6.21. The molecule has 1 amide bonds. The van der Waals surface area contributed by atoms with Crippen LogP contribution in [0.4, 0.5) is 0 Å². The van der Waals surface area contributed by atoms with Crippen molar-refractivity contribution in [2.75, 3.05) is 19.7 Å². The summed E-state index contributed by atoms with van der Waals surface area (Å²) < 4.78 is 5.20. The lowest BCUT2D eigenvalue weighted by Gasteiger charge is -2.14. The molecule has 1 aliphatic heterocycles. The van der Waals surface area contributed by atoms with Crippen molar-refractivity contribution in [3.63, 3.8) is 0 Å². The number of rotatable bonds is 3. The molecule has 0 saturated carbocycles. The Labute approximate surface area is 124 Å². The maximum Gasteiger partial charge on any atom is 0.344 e. The van der Waals surface area contributed by atoms with Crippen LogP contribution < -0.4 is 5.43 Å². The fourth-order valence-corrected chi connectivity index (χ4v) is 2.34. The van der Waals surface area contributed by atoms with Crippen LogP contribution in [0.1, 0.15) is 28.9 Å². The zero-order valence-corrected chi connectivity index (χ0v) is 12.7. The maximum atomic E-state index is 11.9. The van der Waals surface area contributed by atoms with E-state index in [4.69, 9.17) is 4.74 Å². The highest BCUT2D eigenvalue weighted by atomic mass is 79.9. The molecule has 0 atom stereocenters. The number of aryl methyl sites for hydroxylation is 1. The first-order chi connectivity index (χ1) is 9.50. The predicted molar refractivity (Wildman–Crippen MR) is 75.6 cm³/mol. The van der Waals surface area contributed by atoms with Gasteiger partial charge in [0.2, 0.25) is 5.43 Å². The Hall–Kier alpha value is -1.63. The van der Waals surface area contributed by atoms with Gasteiger partial charge in [-0.1, -0.05) is 0 Å². The van der Waals surface area contributed by atoms with Crippen LogP contribution in [-0.2, 0) is 9.53 Å². The molecular formula is C13H15BrN2O4. The number of nitrogens with one attached hydrogen (secondary N) is 1. The summed E-state index contributed by atoms with van der Waals surface area (Å²) in [6, 6.07) is 0. The molecule has 2 heterocycles. The molecule has 1 aliphatic rings. The van der Waals surface area contributed by atoms with E-state index in [0.29, 0.717) is 18.8 Å². The molecule has 2 rings (SSSR count). The van der Waals surface area contributed by atoms with Crippen molar-refractivity contribution in [3.05, 3.63) is 32.2 Å². The second-order valence-electron chi connectivity index (χ2n) is 4.63. The van der Waals surface area contributed by atoms with Gasteiger partial charge >= 0.3 is 5.97 Å². The normalized spacial score (nSPS) is 14.4. The molecule has 0 unspecified atom stereocenters. The Balaban J connectivity index is 2.00. The van der Waals surface area contributed by atoms with E-state index in [9.17, 15) is 14.4 Å². The summed E-state index contributed by atoms with van der Waals surface area (Å²) in [7, 11) is 0. The second-order valence-corrected chi connectivity index (χ2v) is 5.43. The van der Waals surface area contributed by atoms with Crippen molar-refractivity contribution >= 4 is 27.8 Å². The average molecular weight is 343 g/mol. The highest BCUT2D eigenvalue weighted by molar-refractivity contribution is 9.10. The summed E-state index contributed by atoms with van der Waals surface area (Å²) >= 11 is 3.11. The maximum absolute atomic E-state index is 11.9. The summed E-state index contributed by atoms with van der Waals surface area (Å²) in [4.78, 5) is 39.9. The first kappa shape index (κ1) is 14.8. The lowest BCUT2D eigenvalue weighted by atomic mass is 10.2. The predicted octanol–water partition coefficient (Wildman–Crippen LogP) is 1.23. The summed E-state index contributed by atoms with van der Waals surface area (Å²) in [5.74, 6) is -1.02. The van der Waals surface area contributed by atoms with Gasteiger partial charge < -0.3 is 14.6 Å². The van der Waals surface area contributed by atoms with Crippen molar-refractivity contribution < 1.29 is 14.3 Å². The summed E-state index contributed by atoms with van der Waals surface area (Å²) in [5, 5.41) is 0. The van der Waals surface area contributed by atoms with E-state index in [1.54, 1.807) is 11.8 Å². The number of hydrogen-bond donors (Lipinski definition) is 1. The molecule has 1 saturated heterocycles. The van der Waals surface area contributed by atoms with Gasteiger partial charge in [0, 0.05) is 25.0 Å². The number of hydrogen-bond acceptors (Lipinski definition) is 4. The van der Waals surface area contributed by atoms with Gasteiger partial charge in [-0.15, -0.1) is 0 Å². The van der Waals surface area contributed by atoms with Crippen LogP contribution in [0.5, 0.6) is 0 Å². The number of ether oxygens (including phenoxy) is 1. The van der Waals surface area contributed by atoms with Crippen LogP contribution in [0.25, 0.3) is 0 Å². The highest BCUT2D eigenvalue weighted by Crippen LogP contribution is 2.10. The smallest absolute Gasteiger partial charge is 0.344 e. The third-order valence-corrected chi connectivity index (χ3v) is 4.17. The molecule has 7 heteroatoms. The zero-order chi connectivity index (χ0) is 14.7. The summed E-state index contributed by atoms with van der Waals surface area (Å²) in [6.07, 6.45) is 3.25. The summed E-state index contributed by atoms with van der Waals surface area (Å²) in [5.41, 5.74) is 0.0660. The number of nitrogens with zero attached hydrogens (tertiary/aromatic N) is 1. The minimum atomic E-state index is -0.792. The van der Waals surface area contributed by atoms with Gasteiger partial charge in [0.15, 0.2) is 6.61 Å². The van der Waals surface area contributed by atoms with Gasteiger partial charge in [-0.2, -0.15) is 0 Å². The van der Waals surface area contributed by atoms with E-state index in [0.717, 1.165) is 12.8 Å². The standard InChI is InChI=1S/C13H15BrN2O4/c1-8-11(14)12(18)9(6-15-8)13(19)20-7-10(17)16-4-2-3-5-16/h6H,2-5,7H2,1H3,(H,15,18). The van der Waals surface area contributed by atoms with E-state index in [1.807, 2.05) is 0 Å². The minimum absolute atomic E-state index is 0.114. The number of pyridine rings is 1. The van der Waals surface area contributed by atoms with Gasteiger partial charge in [-0.25, -0.2) is 4.79 Å². The van der Waals surface area contributed by atoms with Gasteiger partial charge in [0.05, 0.1) is 4.47 Å². The van der Waals surface area contributed by atoms with Crippen LogP contribution in [-0.4, -0.2) is 41.5 Å². The van der Waals surface area contributed by atoms with E-state index in [2.05, 4.69) is 20.9 Å². The van der Waals surface area contributed by atoms with Gasteiger partial charge in [-0.3, -0.25) is 9.59 Å². The Morgan fingerprint density at radius 1 is 1.40 bits per heavy atom. The first-order valence-electron chi connectivity index (χ1n) is 6.33. The van der Waals surface area contributed by atoms with Crippen molar-refractivity contribution in [2.24, 2.45) is 0 Å². The number of carbonyl (C=O) groups is 2. The SMILES string of the molecule is Cc1[nH]cc(C(=O)OCC(=O)N2CCCC2)c(=O)c1Br. The molecule has 20 heavy (non-hydrogen) atoms. The Kier molecular flexibility index (Phi) is 4.59. The monoisotopic (exact) mass is 342 g/mol. The van der Waals surface area contributed by atoms with Gasteiger partial charge in [-0.05, 0) is 35.7 Å². The lowest BCUT2D eigenvalue weighted by molar-refractivity contribution is -0.133. The molecule has 0 aromatic carbocycles. The van der Waals surface area contributed by atoms with E-state index in [1.165, 1.54) is 6.20 Å². The summed E-state index contributed by atoms with van der Waals surface area (Å²) in [6.45, 7) is 2.78. The average Bonchev–Trinajstić information content (AvgIpc) is 2.96. The van der Waals surface area contributed by atoms with Crippen LogP contribution >= 0.6 is 15.9 Å². The molecule has 108 valence electrons. The Bertz CT molecular complexity index is 591. The molecule has 0 spiro atoms. The van der Waals surface area contributed by atoms with E-state index in [-0.39, 0.29) is 22.6 Å². The number of halogens is 1. The van der Waals surface area contributed by atoms with Crippen LogP contribution in [0.2, 0.25) is 0 Å². The van der Waals surface area contributed by atoms with E-state index >= 15 is 0 Å². The number of likely N-dealkylation sites (tertiary alicyclic amines) is 1. The number of H-pyrrole nitrogens is 1. The molecular weight excluding hydrogens is 328 g/mol. The van der Waals surface area contributed by atoms with Crippen molar-refractivity contribution in [1.29, 1.82) is 0 Å². The van der Waals surface area contributed by atoms with Crippen LogP contribution in [0.3, 0.4) is 0 Å². The minimum Gasteiger partial charge on any atom is -0.452 e. The first-order valence-corrected chi connectivity index (χ1v) is 7.12. The lowest BCUT2D eigenvalue weighted by Crippen LogP contribution is -2.32. The quantitative estimate of drug-likeness (QED) is 0.837. The molecule has 0 aliphatic carbocycles. The number of aromatic amines is 1. The fraction of sp³-hybridized carbons (Fsp3) is 0.462. The molecule has 1 fully saturated rings. The zero-order valence-electron chi connectivity index (χ0n) is 11.1. The van der Waals surface area contributed by atoms with Crippen molar-refractivity contribution in [1.82, 2.24) is 9.88 Å². The van der Waals surface area contributed by atoms with Crippen molar-refractivity contribution in [2.45, 2.75) is 19.8 Å². The molecule has 0 radical (unpaired) electrons.